The molecule has 2 aromatic heterocycles. The van der Waals surface area contributed by atoms with Gasteiger partial charge in [-0.15, -0.1) is 0 Å². The smallest absolute Gasteiger partial charge is 0.337 e. The second-order valence-electron chi connectivity index (χ2n) is 4.24. The van der Waals surface area contributed by atoms with Crippen LogP contribution in [-0.2, 0) is 6.54 Å². The van der Waals surface area contributed by atoms with E-state index in [0.717, 1.165) is 6.20 Å². The Balaban J connectivity index is 2.08. The van der Waals surface area contributed by atoms with Crippen molar-refractivity contribution in [2.45, 2.75) is 13.5 Å². The molecular formula is C12H13N5O3. The quantitative estimate of drug-likeness (QED) is 0.839. The summed E-state index contributed by atoms with van der Waals surface area (Å²) < 4.78 is 0. The van der Waals surface area contributed by atoms with E-state index in [2.05, 4.69) is 20.2 Å². The van der Waals surface area contributed by atoms with Crippen LogP contribution in [0, 0.1) is 6.92 Å². The van der Waals surface area contributed by atoms with Crippen molar-refractivity contribution in [3.05, 3.63) is 41.2 Å². The van der Waals surface area contributed by atoms with Crippen molar-refractivity contribution in [1.29, 1.82) is 0 Å². The Morgan fingerprint density at radius 1 is 1.40 bits per heavy atom. The Morgan fingerprint density at radius 3 is 2.65 bits per heavy atom. The fourth-order valence-electron chi connectivity index (χ4n) is 1.59. The van der Waals surface area contributed by atoms with Crippen LogP contribution in [0.15, 0.2) is 18.3 Å². The molecule has 0 saturated carbocycles. The standard InChI is InChI=1S/C12H13N5O3/c1-7-14-10(16-15-7)6-17(2)11(18)9-4-3-8(5-13-9)12(19)20/h3-5H,6H2,1-2H3,(H,19,20)(H,14,15,16). The molecule has 0 aliphatic carbocycles. The van der Waals surface area contributed by atoms with Gasteiger partial charge in [-0.05, 0) is 19.1 Å². The zero-order valence-corrected chi connectivity index (χ0v) is 11.0. The predicted molar refractivity (Wildman–Crippen MR) is 68.1 cm³/mol. The summed E-state index contributed by atoms with van der Waals surface area (Å²) in [5.41, 5.74) is 0.207. The minimum Gasteiger partial charge on any atom is -0.478 e. The van der Waals surface area contributed by atoms with Gasteiger partial charge in [-0.1, -0.05) is 0 Å². The Kier molecular flexibility index (Phi) is 3.74. The van der Waals surface area contributed by atoms with Gasteiger partial charge in [-0.25, -0.2) is 9.78 Å². The second-order valence-corrected chi connectivity index (χ2v) is 4.24. The highest BCUT2D eigenvalue weighted by atomic mass is 16.4. The zero-order valence-electron chi connectivity index (χ0n) is 11.0. The number of pyridine rings is 1. The number of aromatic amines is 1. The minimum atomic E-state index is -1.08. The van der Waals surface area contributed by atoms with E-state index in [1.54, 1.807) is 14.0 Å². The van der Waals surface area contributed by atoms with Crippen LogP contribution < -0.4 is 0 Å². The normalized spacial score (nSPS) is 10.3. The number of carboxylic acids is 1. The SMILES string of the molecule is Cc1nc(CN(C)C(=O)c2ccc(C(=O)O)cn2)n[nH]1. The molecule has 0 fully saturated rings. The van der Waals surface area contributed by atoms with Gasteiger partial charge >= 0.3 is 5.97 Å². The molecule has 20 heavy (non-hydrogen) atoms. The van der Waals surface area contributed by atoms with E-state index in [1.807, 2.05) is 0 Å². The summed E-state index contributed by atoms with van der Waals surface area (Å²) in [5.74, 6) is -0.240. The molecule has 0 bridgehead atoms. The van der Waals surface area contributed by atoms with Crippen LogP contribution in [0.3, 0.4) is 0 Å². The number of aryl methyl sites for hydroxylation is 1. The number of carbonyl (C=O) groups is 2. The number of hydrogen-bond acceptors (Lipinski definition) is 5. The molecule has 2 N–H and O–H groups in total. The average molecular weight is 275 g/mol. The van der Waals surface area contributed by atoms with E-state index < -0.39 is 5.97 Å². The Labute approximate surface area is 114 Å². The lowest BCUT2D eigenvalue weighted by Crippen LogP contribution is -2.27. The van der Waals surface area contributed by atoms with Gasteiger partial charge in [0.2, 0.25) is 0 Å². The Hall–Kier alpha value is -2.77. The lowest BCUT2D eigenvalue weighted by Gasteiger charge is -2.14. The van der Waals surface area contributed by atoms with Crippen molar-refractivity contribution in [1.82, 2.24) is 25.1 Å². The molecule has 1 amide bonds. The van der Waals surface area contributed by atoms with E-state index in [-0.39, 0.29) is 23.7 Å². The number of amides is 1. The lowest BCUT2D eigenvalue weighted by molar-refractivity contribution is 0.0693. The molecule has 0 aliphatic rings. The molecule has 2 rings (SSSR count). The number of carboxylic acid groups (broad SMARTS) is 1. The first-order valence-electron chi connectivity index (χ1n) is 5.80. The average Bonchev–Trinajstić information content (AvgIpc) is 2.83. The molecule has 0 aliphatic heterocycles. The van der Waals surface area contributed by atoms with Crippen LogP contribution in [0.2, 0.25) is 0 Å². The third-order valence-corrected chi connectivity index (χ3v) is 2.60. The van der Waals surface area contributed by atoms with E-state index in [9.17, 15) is 9.59 Å². The molecule has 8 heteroatoms. The van der Waals surface area contributed by atoms with Crippen LogP contribution in [0.5, 0.6) is 0 Å². The number of aromatic nitrogens is 4. The van der Waals surface area contributed by atoms with Crippen molar-refractivity contribution in [3.8, 4) is 0 Å². The first-order chi connectivity index (χ1) is 9.47. The van der Waals surface area contributed by atoms with Gasteiger partial charge in [0.15, 0.2) is 5.82 Å². The van der Waals surface area contributed by atoms with Gasteiger partial charge in [0.05, 0.1) is 12.1 Å². The van der Waals surface area contributed by atoms with Crippen LogP contribution in [0.1, 0.15) is 32.5 Å². The first-order valence-corrected chi connectivity index (χ1v) is 5.80. The maximum atomic E-state index is 12.1. The fourth-order valence-corrected chi connectivity index (χ4v) is 1.59. The summed E-state index contributed by atoms with van der Waals surface area (Å²) in [7, 11) is 1.60. The van der Waals surface area contributed by atoms with Crippen LogP contribution in [0.25, 0.3) is 0 Å². The molecule has 0 atom stereocenters. The molecule has 0 aromatic carbocycles. The summed E-state index contributed by atoms with van der Waals surface area (Å²) >= 11 is 0. The molecule has 0 radical (unpaired) electrons. The summed E-state index contributed by atoms with van der Waals surface area (Å²) in [4.78, 5) is 32.2. The number of hydrogen-bond donors (Lipinski definition) is 2. The molecule has 0 unspecified atom stereocenters. The predicted octanol–water partition coefficient (Wildman–Crippen LogP) is 0.479. The van der Waals surface area contributed by atoms with Crippen molar-refractivity contribution in [2.75, 3.05) is 7.05 Å². The number of carbonyl (C=O) groups excluding carboxylic acids is 1. The summed E-state index contributed by atoms with van der Waals surface area (Å²) in [6, 6.07) is 2.72. The van der Waals surface area contributed by atoms with E-state index >= 15 is 0 Å². The lowest BCUT2D eigenvalue weighted by atomic mass is 10.2. The fraction of sp³-hybridized carbons (Fsp3) is 0.250. The third-order valence-electron chi connectivity index (χ3n) is 2.60. The number of aromatic carboxylic acids is 1. The molecule has 0 spiro atoms. The van der Waals surface area contributed by atoms with Crippen LogP contribution in [-0.4, -0.2) is 49.1 Å². The van der Waals surface area contributed by atoms with E-state index in [4.69, 9.17) is 5.11 Å². The van der Waals surface area contributed by atoms with Gasteiger partial charge in [0.1, 0.15) is 11.5 Å². The van der Waals surface area contributed by atoms with Crippen LogP contribution >= 0.6 is 0 Å². The highest BCUT2D eigenvalue weighted by molar-refractivity contribution is 5.93. The molecule has 0 saturated heterocycles. The monoisotopic (exact) mass is 275 g/mol. The summed E-state index contributed by atoms with van der Waals surface area (Å²) in [6.07, 6.45) is 1.15. The topological polar surface area (TPSA) is 112 Å². The third kappa shape index (κ3) is 2.97. The molecule has 8 nitrogen and oxygen atoms in total. The maximum absolute atomic E-state index is 12.1. The number of rotatable bonds is 4. The molecular weight excluding hydrogens is 262 g/mol. The van der Waals surface area contributed by atoms with Crippen molar-refractivity contribution in [3.63, 3.8) is 0 Å². The largest absolute Gasteiger partial charge is 0.478 e. The van der Waals surface area contributed by atoms with Crippen molar-refractivity contribution in [2.24, 2.45) is 0 Å². The highest BCUT2D eigenvalue weighted by Gasteiger charge is 2.15. The van der Waals surface area contributed by atoms with E-state index in [0.29, 0.717) is 11.6 Å². The number of nitrogens with one attached hydrogen (secondary N) is 1. The van der Waals surface area contributed by atoms with Crippen LogP contribution in [0.4, 0.5) is 0 Å². The second kappa shape index (κ2) is 5.47. The number of nitrogens with zero attached hydrogens (tertiary/aromatic N) is 4. The summed E-state index contributed by atoms with van der Waals surface area (Å²) in [6.45, 7) is 2.01. The zero-order chi connectivity index (χ0) is 14.7. The van der Waals surface area contributed by atoms with Gasteiger partial charge in [-0.2, -0.15) is 5.10 Å². The summed E-state index contributed by atoms with van der Waals surface area (Å²) in [5, 5.41) is 15.4. The highest BCUT2D eigenvalue weighted by Crippen LogP contribution is 2.05. The van der Waals surface area contributed by atoms with Gasteiger partial charge in [-0.3, -0.25) is 14.9 Å². The van der Waals surface area contributed by atoms with Gasteiger partial charge in [0.25, 0.3) is 5.91 Å². The van der Waals surface area contributed by atoms with Gasteiger partial charge < -0.3 is 10.0 Å². The maximum Gasteiger partial charge on any atom is 0.337 e. The van der Waals surface area contributed by atoms with E-state index in [1.165, 1.54) is 17.0 Å². The number of H-pyrrole nitrogens is 1. The minimum absolute atomic E-state index is 0.0359. The Morgan fingerprint density at radius 2 is 2.15 bits per heavy atom. The Bertz CT molecular complexity index is 635. The molecule has 2 aromatic rings. The van der Waals surface area contributed by atoms with Crippen molar-refractivity contribution < 1.29 is 14.7 Å². The molecule has 2 heterocycles. The molecule has 104 valence electrons. The van der Waals surface area contributed by atoms with Crippen molar-refractivity contribution >= 4 is 11.9 Å². The first kappa shape index (κ1) is 13.7. The van der Waals surface area contributed by atoms with Gasteiger partial charge in [0, 0.05) is 13.2 Å².